The predicted octanol–water partition coefficient (Wildman–Crippen LogP) is 3.24. The summed E-state index contributed by atoms with van der Waals surface area (Å²) in [5.41, 5.74) is 2.14. The lowest BCUT2D eigenvalue weighted by Gasteiger charge is -2.07. The first-order chi connectivity index (χ1) is 9.19. The average molecular weight is 278 g/mol. The van der Waals surface area contributed by atoms with Gasteiger partial charge in [-0.1, -0.05) is 26.0 Å². The molecule has 0 fully saturated rings. The minimum Gasteiger partial charge on any atom is -0.486 e. The summed E-state index contributed by atoms with van der Waals surface area (Å²) < 4.78 is 5.69. The van der Waals surface area contributed by atoms with E-state index in [9.17, 15) is 0 Å². The zero-order chi connectivity index (χ0) is 13.7. The van der Waals surface area contributed by atoms with Crippen molar-refractivity contribution in [1.82, 2.24) is 4.98 Å². The molecule has 1 heterocycles. The average Bonchev–Trinajstić information content (AvgIpc) is 2.85. The fourth-order valence-electron chi connectivity index (χ4n) is 1.66. The van der Waals surface area contributed by atoms with Crippen LogP contribution in [0.3, 0.4) is 0 Å². The molecule has 19 heavy (non-hydrogen) atoms. The second-order valence-electron chi connectivity index (χ2n) is 4.56. The SMILES string of the molecule is CC(C)c1ccc(OCc2nc(CON)cs2)cc1. The first-order valence-electron chi connectivity index (χ1n) is 6.16. The Morgan fingerprint density at radius 1 is 1.21 bits per heavy atom. The second kappa shape index (κ2) is 6.65. The molecule has 4 nitrogen and oxygen atoms in total. The molecule has 0 radical (unpaired) electrons. The van der Waals surface area contributed by atoms with Gasteiger partial charge in [-0.2, -0.15) is 0 Å². The molecular formula is C14H18N2O2S. The predicted molar refractivity (Wildman–Crippen MR) is 76.0 cm³/mol. The summed E-state index contributed by atoms with van der Waals surface area (Å²) in [5, 5.41) is 2.84. The summed E-state index contributed by atoms with van der Waals surface area (Å²) in [7, 11) is 0. The molecule has 0 aliphatic carbocycles. The Kier molecular flexibility index (Phi) is 4.90. The van der Waals surface area contributed by atoms with Crippen molar-refractivity contribution in [3.05, 3.63) is 45.9 Å². The molecule has 0 bridgehead atoms. The standard InChI is InChI=1S/C14H18N2O2S/c1-10(2)11-3-5-13(6-4-11)17-8-14-16-12(7-18-15)9-19-14/h3-6,9-10H,7-8,15H2,1-2H3. The van der Waals surface area contributed by atoms with Gasteiger partial charge in [0.1, 0.15) is 24.0 Å². The Morgan fingerprint density at radius 3 is 2.58 bits per heavy atom. The highest BCUT2D eigenvalue weighted by Crippen LogP contribution is 2.20. The van der Waals surface area contributed by atoms with Crippen molar-refractivity contribution in [2.45, 2.75) is 33.0 Å². The Hall–Kier alpha value is -1.43. The van der Waals surface area contributed by atoms with Gasteiger partial charge in [0.2, 0.25) is 0 Å². The third kappa shape index (κ3) is 4.02. The van der Waals surface area contributed by atoms with Gasteiger partial charge in [0.05, 0.1) is 5.69 Å². The van der Waals surface area contributed by atoms with Gasteiger partial charge in [-0.25, -0.2) is 10.9 Å². The summed E-state index contributed by atoms with van der Waals surface area (Å²) in [6, 6.07) is 8.17. The highest BCUT2D eigenvalue weighted by Gasteiger charge is 2.04. The molecule has 1 aromatic heterocycles. The number of rotatable bonds is 6. The van der Waals surface area contributed by atoms with Crippen LogP contribution in [0.1, 0.15) is 36.0 Å². The molecule has 5 heteroatoms. The van der Waals surface area contributed by atoms with E-state index < -0.39 is 0 Å². The summed E-state index contributed by atoms with van der Waals surface area (Å²) >= 11 is 1.55. The van der Waals surface area contributed by atoms with Crippen LogP contribution in [0.15, 0.2) is 29.6 Å². The van der Waals surface area contributed by atoms with Crippen LogP contribution < -0.4 is 10.6 Å². The van der Waals surface area contributed by atoms with Gasteiger partial charge in [0.15, 0.2) is 0 Å². The maximum atomic E-state index is 5.69. The Labute approximate surface area is 117 Å². The molecule has 102 valence electrons. The zero-order valence-electron chi connectivity index (χ0n) is 11.1. The number of benzene rings is 1. The molecule has 2 rings (SSSR count). The Bertz CT molecular complexity index is 508. The third-order valence-electron chi connectivity index (χ3n) is 2.74. The number of aromatic nitrogens is 1. The third-order valence-corrected chi connectivity index (χ3v) is 3.61. The largest absolute Gasteiger partial charge is 0.486 e. The second-order valence-corrected chi connectivity index (χ2v) is 5.50. The number of ether oxygens (including phenoxy) is 1. The van der Waals surface area contributed by atoms with E-state index >= 15 is 0 Å². The zero-order valence-corrected chi connectivity index (χ0v) is 11.9. The first-order valence-corrected chi connectivity index (χ1v) is 7.04. The van der Waals surface area contributed by atoms with Crippen LogP contribution >= 0.6 is 11.3 Å². The molecule has 2 N–H and O–H groups in total. The normalized spacial score (nSPS) is 10.9. The molecule has 1 aromatic carbocycles. The quantitative estimate of drug-likeness (QED) is 0.824. The Balaban J connectivity index is 1.90. The first kappa shape index (κ1) is 14.0. The van der Waals surface area contributed by atoms with E-state index in [1.807, 2.05) is 17.5 Å². The fraction of sp³-hybridized carbons (Fsp3) is 0.357. The summed E-state index contributed by atoms with van der Waals surface area (Å²) in [6.45, 7) is 5.15. The van der Waals surface area contributed by atoms with Crippen molar-refractivity contribution in [2.24, 2.45) is 5.90 Å². The lowest BCUT2D eigenvalue weighted by molar-refractivity contribution is 0.121. The van der Waals surface area contributed by atoms with Crippen molar-refractivity contribution in [1.29, 1.82) is 0 Å². The smallest absolute Gasteiger partial charge is 0.140 e. The van der Waals surface area contributed by atoms with Gasteiger partial charge in [0.25, 0.3) is 0 Å². The van der Waals surface area contributed by atoms with Gasteiger partial charge in [-0.05, 0) is 23.6 Å². The topological polar surface area (TPSA) is 57.4 Å². The van der Waals surface area contributed by atoms with Crippen LogP contribution in [0, 0.1) is 0 Å². The lowest BCUT2D eigenvalue weighted by atomic mass is 10.0. The Morgan fingerprint density at radius 2 is 1.95 bits per heavy atom. The van der Waals surface area contributed by atoms with Crippen LogP contribution in [-0.4, -0.2) is 4.98 Å². The van der Waals surface area contributed by atoms with E-state index in [-0.39, 0.29) is 0 Å². The number of nitrogens with two attached hydrogens (primary N) is 1. The minimum atomic E-state index is 0.333. The molecule has 0 amide bonds. The summed E-state index contributed by atoms with van der Waals surface area (Å²) in [4.78, 5) is 8.89. The minimum absolute atomic E-state index is 0.333. The van der Waals surface area contributed by atoms with E-state index in [4.69, 9.17) is 10.6 Å². The monoisotopic (exact) mass is 278 g/mol. The number of nitrogens with zero attached hydrogens (tertiary/aromatic N) is 1. The lowest BCUT2D eigenvalue weighted by Crippen LogP contribution is -2.00. The highest BCUT2D eigenvalue weighted by atomic mass is 32.1. The van der Waals surface area contributed by atoms with Gasteiger partial charge in [-0.3, -0.25) is 4.84 Å². The molecule has 2 aromatic rings. The van der Waals surface area contributed by atoms with E-state index in [0.717, 1.165) is 16.5 Å². The van der Waals surface area contributed by atoms with Crippen molar-refractivity contribution in [3.8, 4) is 5.75 Å². The molecule has 0 unspecified atom stereocenters. The van der Waals surface area contributed by atoms with Crippen molar-refractivity contribution < 1.29 is 9.57 Å². The number of hydrogen-bond donors (Lipinski definition) is 1. The van der Waals surface area contributed by atoms with Crippen LogP contribution in [-0.2, 0) is 18.1 Å². The molecule has 0 saturated carbocycles. The molecule has 0 saturated heterocycles. The van der Waals surface area contributed by atoms with Crippen molar-refractivity contribution >= 4 is 11.3 Å². The summed E-state index contributed by atoms with van der Waals surface area (Å²) in [6.07, 6.45) is 0. The van der Waals surface area contributed by atoms with Gasteiger partial charge in [0, 0.05) is 5.38 Å². The molecule has 0 atom stereocenters. The number of hydrogen-bond acceptors (Lipinski definition) is 5. The fourth-order valence-corrected chi connectivity index (χ4v) is 2.35. The van der Waals surface area contributed by atoms with Gasteiger partial charge in [-0.15, -0.1) is 11.3 Å². The van der Waals surface area contributed by atoms with E-state index in [1.54, 1.807) is 11.3 Å². The van der Waals surface area contributed by atoms with Crippen molar-refractivity contribution in [2.75, 3.05) is 0 Å². The molecule has 0 aliphatic rings. The van der Waals surface area contributed by atoms with Gasteiger partial charge >= 0.3 is 0 Å². The van der Waals surface area contributed by atoms with Gasteiger partial charge < -0.3 is 4.74 Å². The van der Waals surface area contributed by atoms with Crippen LogP contribution in [0.2, 0.25) is 0 Å². The maximum Gasteiger partial charge on any atom is 0.140 e. The highest BCUT2D eigenvalue weighted by molar-refractivity contribution is 7.09. The number of thiazole rings is 1. The molecular weight excluding hydrogens is 260 g/mol. The van der Waals surface area contributed by atoms with E-state index in [2.05, 4.69) is 35.8 Å². The van der Waals surface area contributed by atoms with Crippen LogP contribution in [0.5, 0.6) is 5.75 Å². The molecule has 0 aliphatic heterocycles. The van der Waals surface area contributed by atoms with Crippen LogP contribution in [0.25, 0.3) is 0 Å². The molecule has 0 spiro atoms. The van der Waals surface area contributed by atoms with E-state index in [1.165, 1.54) is 5.56 Å². The van der Waals surface area contributed by atoms with Crippen LogP contribution in [0.4, 0.5) is 0 Å². The maximum absolute atomic E-state index is 5.69. The van der Waals surface area contributed by atoms with E-state index in [0.29, 0.717) is 19.1 Å². The van der Waals surface area contributed by atoms with Crippen molar-refractivity contribution in [3.63, 3.8) is 0 Å². The summed E-state index contributed by atoms with van der Waals surface area (Å²) in [5.74, 6) is 6.40.